The van der Waals surface area contributed by atoms with Crippen LogP contribution in [0.2, 0.25) is 0 Å². The zero-order valence-electron chi connectivity index (χ0n) is 15.5. The van der Waals surface area contributed by atoms with E-state index >= 15 is 0 Å². The second-order valence-electron chi connectivity index (χ2n) is 7.02. The number of piperidine rings is 1. The van der Waals surface area contributed by atoms with Crippen LogP contribution in [0.25, 0.3) is 0 Å². The van der Waals surface area contributed by atoms with Crippen LogP contribution in [-0.4, -0.2) is 73.5 Å². The molecule has 2 aliphatic rings. The predicted molar refractivity (Wildman–Crippen MR) is 94.0 cm³/mol. The Morgan fingerprint density at radius 3 is 1.95 bits per heavy atom. The van der Waals surface area contributed by atoms with Crippen molar-refractivity contribution in [2.45, 2.75) is 47.0 Å². The molecule has 2 aliphatic heterocycles. The largest absolute Gasteiger partial charge is 0.304 e. The van der Waals surface area contributed by atoms with Crippen molar-refractivity contribution in [2.75, 3.05) is 53.0 Å². The van der Waals surface area contributed by atoms with Crippen molar-refractivity contribution >= 4 is 5.78 Å². The highest BCUT2D eigenvalue weighted by atomic mass is 16.1. The van der Waals surface area contributed by atoms with E-state index < -0.39 is 0 Å². The molecule has 4 heteroatoms. The van der Waals surface area contributed by atoms with Gasteiger partial charge in [0, 0.05) is 51.6 Å². The Morgan fingerprint density at radius 2 is 1.45 bits per heavy atom. The summed E-state index contributed by atoms with van der Waals surface area (Å²) in [5.74, 6) is 1.34. The maximum absolute atomic E-state index is 12.1. The topological polar surface area (TPSA) is 26.8 Å². The van der Waals surface area contributed by atoms with Crippen molar-refractivity contribution in [3.05, 3.63) is 0 Å². The van der Waals surface area contributed by atoms with Gasteiger partial charge in [0.2, 0.25) is 0 Å². The molecule has 0 atom stereocenters. The smallest absolute Gasteiger partial charge is 0.136 e. The van der Waals surface area contributed by atoms with Gasteiger partial charge in [-0.3, -0.25) is 14.6 Å². The van der Waals surface area contributed by atoms with Crippen molar-refractivity contribution in [3.63, 3.8) is 0 Å². The van der Waals surface area contributed by atoms with E-state index in [0.29, 0.717) is 17.6 Å². The highest BCUT2D eigenvalue weighted by molar-refractivity contribution is 5.81. The molecular formula is C18H37N3O. The number of likely N-dealkylation sites (tertiary alicyclic amines) is 1. The summed E-state index contributed by atoms with van der Waals surface area (Å²) < 4.78 is 0. The number of hydrogen-bond donors (Lipinski definition) is 0. The monoisotopic (exact) mass is 311 g/mol. The van der Waals surface area contributed by atoms with Gasteiger partial charge in [-0.05, 0) is 25.8 Å². The van der Waals surface area contributed by atoms with Crippen molar-refractivity contribution in [3.8, 4) is 0 Å². The van der Waals surface area contributed by atoms with Crippen molar-refractivity contribution < 1.29 is 4.79 Å². The predicted octanol–water partition coefficient (Wildman–Crippen LogP) is 2.54. The Hall–Kier alpha value is -0.450. The molecule has 0 N–H and O–H groups in total. The summed E-state index contributed by atoms with van der Waals surface area (Å²) >= 11 is 0. The van der Waals surface area contributed by atoms with Gasteiger partial charge in [-0.2, -0.15) is 0 Å². The van der Waals surface area contributed by atoms with E-state index in [-0.39, 0.29) is 0 Å². The summed E-state index contributed by atoms with van der Waals surface area (Å²) in [4.78, 5) is 19.6. The molecular weight excluding hydrogens is 274 g/mol. The molecule has 22 heavy (non-hydrogen) atoms. The summed E-state index contributed by atoms with van der Waals surface area (Å²) in [5, 5.41) is 0. The third-order valence-electron chi connectivity index (χ3n) is 4.65. The third-order valence-corrected chi connectivity index (χ3v) is 4.65. The maximum atomic E-state index is 12.1. The van der Waals surface area contributed by atoms with Crippen molar-refractivity contribution in [2.24, 2.45) is 11.8 Å². The molecule has 130 valence electrons. The van der Waals surface area contributed by atoms with Gasteiger partial charge < -0.3 is 4.90 Å². The van der Waals surface area contributed by atoms with Gasteiger partial charge in [0.25, 0.3) is 0 Å². The number of rotatable bonds is 5. The molecule has 2 saturated heterocycles. The summed E-state index contributed by atoms with van der Waals surface area (Å²) in [6.45, 7) is 16.3. The molecule has 0 aliphatic carbocycles. The van der Waals surface area contributed by atoms with Crippen LogP contribution in [-0.2, 0) is 4.79 Å². The Balaban J connectivity index is 0.00000116. The lowest BCUT2D eigenvalue weighted by atomic mass is 9.88. The first-order chi connectivity index (χ1) is 10.5. The number of ketones is 1. The Labute approximate surface area is 137 Å². The number of piperazine rings is 1. The minimum absolute atomic E-state index is 0.334. The van der Waals surface area contributed by atoms with Crippen molar-refractivity contribution in [1.29, 1.82) is 0 Å². The van der Waals surface area contributed by atoms with Gasteiger partial charge in [0.05, 0.1) is 6.67 Å². The number of Topliss-reactive ketones (excluding diaryl/α,β-unsaturated/α-hetero) is 1. The number of hydrogen-bond acceptors (Lipinski definition) is 4. The van der Waals surface area contributed by atoms with Crippen LogP contribution in [0.3, 0.4) is 0 Å². The highest BCUT2D eigenvalue weighted by Crippen LogP contribution is 2.21. The Kier molecular flexibility index (Phi) is 9.22. The average molecular weight is 312 g/mol. The van der Waals surface area contributed by atoms with E-state index in [9.17, 15) is 4.79 Å². The van der Waals surface area contributed by atoms with Crippen LogP contribution in [0.15, 0.2) is 0 Å². The normalized spacial score (nSPS) is 22.5. The molecule has 0 spiro atoms. The number of likely N-dealkylation sites (N-methyl/N-ethyl adjacent to an activating group) is 1. The summed E-state index contributed by atoms with van der Waals surface area (Å²) in [6, 6.07) is 0. The average Bonchev–Trinajstić information content (AvgIpc) is 2.51. The van der Waals surface area contributed by atoms with Crippen LogP contribution in [0.4, 0.5) is 0 Å². The molecule has 0 aromatic carbocycles. The van der Waals surface area contributed by atoms with Crippen LogP contribution < -0.4 is 0 Å². The van der Waals surface area contributed by atoms with Crippen LogP contribution in [0.5, 0.6) is 0 Å². The second kappa shape index (κ2) is 10.3. The SMILES string of the molecule is CC.CC(C)CC(=O)C1CCN(CN2CCN(C)CC2)CC1. The third kappa shape index (κ3) is 6.76. The fourth-order valence-electron chi connectivity index (χ4n) is 3.24. The van der Waals surface area contributed by atoms with E-state index in [1.165, 1.54) is 26.2 Å². The number of carbonyl (C=O) groups excluding carboxylic acids is 1. The minimum Gasteiger partial charge on any atom is -0.304 e. The molecule has 0 aromatic rings. The van der Waals surface area contributed by atoms with Gasteiger partial charge in [0.15, 0.2) is 0 Å². The van der Waals surface area contributed by atoms with E-state index in [2.05, 4.69) is 35.6 Å². The molecule has 0 bridgehead atoms. The van der Waals surface area contributed by atoms with Gasteiger partial charge in [-0.15, -0.1) is 0 Å². The fraction of sp³-hybridized carbons (Fsp3) is 0.944. The zero-order valence-corrected chi connectivity index (χ0v) is 15.5. The summed E-state index contributed by atoms with van der Waals surface area (Å²) in [5.41, 5.74) is 0. The standard InChI is InChI=1S/C16H31N3O.C2H6/c1-14(2)12-16(20)15-4-6-18(7-5-15)13-19-10-8-17(3)9-11-19;1-2/h14-15H,4-13H2,1-3H3;1-2H3. The van der Waals surface area contributed by atoms with E-state index in [0.717, 1.165) is 39.0 Å². The first-order valence-corrected chi connectivity index (χ1v) is 9.20. The lowest BCUT2D eigenvalue weighted by Crippen LogP contribution is -2.50. The molecule has 2 rings (SSSR count). The lowest BCUT2D eigenvalue weighted by Gasteiger charge is -2.38. The second-order valence-corrected chi connectivity index (χ2v) is 7.02. The summed E-state index contributed by atoms with van der Waals surface area (Å²) in [6.07, 6.45) is 2.90. The fourth-order valence-corrected chi connectivity index (χ4v) is 3.24. The van der Waals surface area contributed by atoms with Crippen molar-refractivity contribution in [1.82, 2.24) is 14.7 Å². The highest BCUT2D eigenvalue weighted by Gasteiger charge is 2.26. The van der Waals surface area contributed by atoms with Crippen LogP contribution >= 0.6 is 0 Å². The molecule has 2 fully saturated rings. The van der Waals surface area contributed by atoms with Crippen LogP contribution in [0, 0.1) is 11.8 Å². The molecule has 0 amide bonds. The van der Waals surface area contributed by atoms with E-state index in [4.69, 9.17) is 0 Å². The molecule has 0 saturated carbocycles. The summed E-state index contributed by atoms with van der Waals surface area (Å²) in [7, 11) is 2.20. The maximum Gasteiger partial charge on any atom is 0.136 e. The van der Waals surface area contributed by atoms with E-state index in [1.807, 2.05) is 13.8 Å². The Morgan fingerprint density at radius 1 is 0.955 bits per heavy atom. The number of carbonyl (C=O) groups is 1. The van der Waals surface area contributed by atoms with Gasteiger partial charge >= 0.3 is 0 Å². The first kappa shape index (κ1) is 19.6. The molecule has 0 aromatic heterocycles. The number of nitrogens with zero attached hydrogens (tertiary/aromatic N) is 3. The van der Waals surface area contributed by atoms with E-state index in [1.54, 1.807) is 0 Å². The van der Waals surface area contributed by atoms with Gasteiger partial charge in [0.1, 0.15) is 5.78 Å². The lowest BCUT2D eigenvalue weighted by molar-refractivity contribution is -0.125. The van der Waals surface area contributed by atoms with Gasteiger partial charge in [-0.1, -0.05) is 27.7 Å². The molecule has 4 nitrogen and oxygen atoms in total. The van der Waals surface area contributed by atoms with Crippen LogP contribution in [0.1, 0.15) is 47.0 Å². The molecule has 0 unspecified atom stereocenters. The Bertz CT molecular complexity index is 303. The first-order valence-electron chi connectivity index (χ1n) is 9.20. The minimum atomic E-state index is 0.334. The quantitative estimate of drug-likeness (QED) is 0.779. The molecule has 2 heterocycles. The zero-order chi connectivity index (χ0) is 16.5. The van der Waals surface area contributed by atoms with Gasteiger partial charge in [-0.25, -0.2) is 0 Å². The molecule has 0 radical (unpaired) electrons.